The van der Waals surface area contributed by atoms with E-state index in [0.29, 0.717) is 21.4 Å². The fourth-order valence-corrected chi connectivity index (χ4v) is 2.03. The molecular weight excluding hydrogens is 333 g/mol. The van der Waals surface area contributed by atoms with Crippen LogP contribution in [0.5, 0.6) is 0 Å². The monoisotopic (exact) mass is 345 g/mol. The summed E-state index contributed by atoms with van der Waals surface area (Å²) >= 11 is 11.8. The van der Waals surface area contributed by atoms with Crippen LogP contribution in [0.2, 0.25) is 10.0 Å². The van der Waals surface area contributed by atoms with Crippen LogP contribution in [0.1, 0.15) is 5.56 Å². The summed E-state index contributed by atoms with van der Waals surface area (Å²) in [4.78, 5) is 12.1. The minimum Gasteiger partial charge on any atom is -0.360 e. The quantitative estimate of drug-likeness (QED) is 0.620. The van der Waals surface area contributed by atoms with Gasteiger partial charge in [0, 0.05) is 27.6 Å². The smallest absolute Gasteiger partial charge is 0.267 e. The number of nitrogens with one attached hydrogen (secondary N) is 2. The number of hydrogen-bond acceptors (Lipinski definition) is 3. The molecule has 0 fully saturated rings. The number of halogens is 2. The van der Waals surface area contributed by atoms with Gasteiger partial charge in [0.15, 0.2) is 0 Å². The lowest BCUT2D eigenvalue weighted by Gasteiger charge is -2.07. The van der Waals surface area contributed by atoms with Gasteiger partial charge in [-0.3, -0.25) is 4.79 Å². The molecule has 0 aromatic heterocycles. The summed E-state index contributed by atoms with van der Waals surface area (Å²) in [5, 5.41) is 15.8. The maximum atomic E-state index is 12.1. The predicted molar refractivity (Wildman–Crippen MR) is 93.6 cm³/mol. The van der Waals surface area contributed by atoms with E-state index in [4.69, 9.17) is 28.5 Å². The van der Waals surface area contributed by atoms with Crippen molar-refractivity contribution < 1.29 is 4.79 Å². The van der Waals surface area contributed by atoms with Crippen molar-refractivity contribution in [1.29, 1.82) is 5.26 Å². The minimum absolute atomic E-state index is 0.0587. The Kier molecular flexibility index (Phi) is 5.64. The summed E-state index contributed by atoms with van der Waals surface area (Å²) in [5.41, 5.74) is 2.09. The van der Waals surface area contributed by atoms with Crippen LogP contribution < -0.4 is 10.6 Å². The maximum Gasteiger partial charge on any atom is 0.267 e. The molecule has 2 aromatic rings. The second-order valence-corrected chi connectivity index (χ2v) is 5.58. The normalized spacial score (nSPS) is 10.8. The SMILES string of the molecule is Cc1ccc(NC(=O)/C(C#N)=C\Nc2ccc(Cl)cc2)cc1Cl. The lowest BCUT2D eigenvalue weighted by atomic mass is 10.2. The first-order valence-corrected chi connectivity index (χ1v) is 7.45. The number of benzene rings is 2. The van der Waals surface area contributed by atoms with Crippen LogP contribution in [0, 0.1) is 18.3 Å². The number of hydrogen-bond donors (Lipinski definition) is 2. The average molecular weight is 346 g/mol. The predicted octanol–water partition coefficient (Wildman–Crippen LogP) is 4.76. The first kappa shape index (κ1) is 16.9. The Balaban J connectivity index is 2.08. The standard InChI is InChI=1S/C17H13Cl2N3O/c1-11-2-5-15(8-16(11)19)22-17(23)12(9-20)10-21-14-6-3-13(18)4-7-14/h2-8,10,21H,1H3,(H,22,23)/b12-10-. The van der Waals surface area contributed by atoms with E-state index in [9.17, 15) is 4.79 Å². The van der Waals surface area contributed by atoms with Crippen molar-refractivity contribution in [3.63, 3.8) is 0 Å². The third-order valence-corrected chi connectivity index (χ3v) is 3.68. The molecule has 0 bridgehead atoms. The van der Waals surface area contributed by atoms with Crippen molar-refractivity contribution in [2.75, 3.05) is 10.6 Å². The van der Waals surface area contributed by atoms with Gasteiger partial charge in [-0.1, -0.05) is 29.3 Å². The molecule has 0 saturated heterocycles. The van der Waals surface area contributed by atoms with Crippen LogP contribution in [0.15, 0.2) is 54.2 Å². The topological polar surface area (TPSA) is 64.9 Å². The average Bonchev–Trinajstić information content (AvgIpc) is 2.53. The Morgan fingerprint density at radius 1 is 1.13 bits per heavy atom. The van der Waals surface area contributed by atoms with Crippen molar-refractivity contribution in [2.45, 2.75) is 6.92 Å². The highest BCUT2D eigenvalue weighted by Gasteiger charge is 2.10. The van der Waals surface area contributed by atoms with Crippen LogP contribution in [0.4, 0.5) is 11.4 Å². The van der Waals surface area contributed by atoms with Crippen molar-refractivity contribution in [3.8, 4) is 6.07 Å². The zero-order valence-electron chi connectivity index (χ0n) is 12.2. The molecule has 116 valence electrons. The molecule has 0 aliphatic heterocycles. The van der Waals surface area contributed by atoms with Crippen LogP contribution >= 0.6 is 23.2 Å². The molecular formula is C17H13Cl2N3O. The van der Waals surface area contributed by atoms with Gasteiger partial charge in [0.05, 0.1) is 0 Å². The Morgan fingerprint density at radius 3 is 2.39 bits per heavy atom. The first-order chi connectivity index (χ1) is 11.0. The van der Waals surface area contributed by atoms with Gasteiger partial charge in [-0.25, -0.2) is 0 Å². The van der Waals surface area contributed by atoms with Crippen LogP contribution in [0.25, 0.3) is 0 Å². The van der Waals surface area contributed by atoms with Crippen molar-refractivity contribution in [3.05, 3.63) is 69.8 Å². The molecule has 1 amide bonds. The second-order valence-electron chi connectivity index (χ2n) is 4.74. The van der Waals surface area contributed by atoms with E-state index in [2.05, 4.69) is 10.6 Å². The Hall–Kier alpha value is -2.48. The fourth-order valence-electron chi connectivity index (χ4n) is 1.72. The van der Waals surface area contributed by atoms with E-state index in [1.165, 1.54) is 6.20 Å². The summed E-state index contributed by atoms with van der Waals surface area (Å²) in [7, 11) is 0. The molecule has 2 N–H and O–H groups in total. The van der Waals surface area contributed by atoms with Crippen molar-refractivity contribution in [1.82, 2.24) is 0 Å². The number of nitrogens with zero attached hydrogens (tertiary/aromatic N) is 1. The number of rotatable bonds is 4. The third kappa shape index (κ3) is 4.75. The van der Waals surface area contributed by atoms with Gasteiger partial charge in [0.2, 0.25) is 0 Å². The van der Waals surface area contributed by atoms with Gasteiger partial charge >= 0.3 is 0 Å². The van der Waals surface area contributed by atoms with Gasteiger partial charge in [0.1, 0.15) is 11.6 Å². The number of aryl methyl sites for hydroxylation is 1. The molecule has 0 saturated carbocycles. The number of nitriles is 1. The van der Waals surface area contributed by atoms with Crippen molar-refractivity contribution >= 4 is 40.5 Å². The molecule has 0 atom stereocenters. The molecule has 0 aliphatic rings. The highest BCUT2D eigenvalue weighted by atomic mass is 35.5. The van der Waals surface area contributed by atoms with Gasteiger partial charge in [-0.2, -0.15) is 5.26 Å². The molecule has 6 heteroatoms. The summed E-state index contributed by atoms with van der Waals surface area (Å²) < 4.78 is 0. The van der Waals surface area contributed by atoms with E-state index in [-0.39, 0.29) is 5.57 Å². The number of carbonyl (C=O) groups excluding carboxylic acids is 1. The van der Waals surface area contributed by atoms with E-state index in [0.717, 1.165) is 5.56 Å². The zero-order chi connectivity index (χ0) is 16.8. The van der Waals surface area contributed by atoms with Crippen LogP contribution in [0.3, 0.4) is 0 Å². The summed E-state index contributed by atoms with van der Waals surface area (Å²) in [6.07, 6.45) is 1.34. The summed E-state index contributed by atoms with van der Waals surface area (Å²) in [5.74, 6) is -0.520. The molecule has 23 heavy (non-hydrogen) atoms. The molecule has 4 nitrogen and oxygen atoms in total. The van der Waals surface area contributed by atoms with Crippen molar-refractivity contribution in [2.24, 2.45) is 0 Å². The molecule has 0 spiro atoms. The van der Waals surface area contributed by atoms with Gasteiger partial charge in [-0.05, 0) is 48.9 Å². The van der Waals surface area contributed by atoms with Gasteiger partial charge < -0.3 is 10.6 Å². The fraction of sp³-hybridized carbons (Fsp3) is 0.0588. The van der Waals surface area contributed by atoms with E-state index < -0.39 is 5.91 Å². The lowest BCUT2D eigenvalue weighted by Crippen LogP contribution is -2.14. The van der Waals surface area contributed by atoms with Gasteiger partial charge in [0.25, 0.3) is 5.91 Å². The summed E-state index contributed by atoms with van der Waals surface area (Å²) in [6.45, 7) is 1.87. The second kappa shape index (κ2) is 7.68. The van der Waals surface area contributed by atoms with Crippen LogP contribution in [-0.2, 0) is 4.79 Å². The molecule has 0 unspecified atom stereocenters. The van der Waals surface area contributed by atoms with E-state index in [1.54, 1.807) is 42.5 Å². The Labute approximate surface area is 144 Å². The molecule has 0 radical (unpaired) electrons. The largest absolute Gasteiger partial charge is 0.360 e. The highest BCUT2D eigenvalue weighted by molar-refractivity contribution is 6.31. The number of amides is 1. The Bertz CT molecular complexity index is 792. The number of anilines is 2. The minimum atomic E-state index is -0.520. The van der Waals surface area contributed by atoms with Crippen LogP contribution in [-0.4, -0.2) is 5.91 Å². The van der Waals surface area contributed by atoms with Gasteiger partial charge in [-0.15, -0.1) is 0 Å². The number of carbonyl (C=O) groups is 1. The zero-order valence-corrected chi connectivity index (χ0v) is 13.7. The van der Waals surface area contributed by atoms with E-state index in [1.807, 2.05) is 13.0 Å². The molecule has 2 aromatic carbocycles. The first-order valence-electron chi connectivity index (χ1n) is 6.69. The lowest BCUT2D eigenvalue weighted by molar-refractivity contribution is -0.112. The highest BCUT2D eigenvalue weighted by Crippen LogP contribution is 2.20. The third-order valence-electron chi connectivity index (χ3n) is 3.02. The summed E-state index contributed by atoms with van der Waals surface area (Å²) in [6, 6.07) is 13.9. The Morgan fingerprint density at radius 2 is 1.78 bits per heavy atom. The maximum absolute atomic E-state index is 12.1. The van der Waals surface area contributed by atoms with E-state index >= 15 is 0 Å². The molecule has 0 heterocycles. The molecule has 2 rings (SSSR count). The molecule has 0 aliphatic carbocycles.